The molecule has 0 aliphatic carbocycles. The fraction of sp³-hybridized carbons (Fsp3) is 0.446. The minimum Gasteiger partial charge on any atom is -0.480 e. The Bertz CT molecular complexity index is 2910. The zero-order chi connectivity index (χ0) is 59.1. The second kappa shape index (κ2) is 31.1. The molecule has 4 aromatic rings. The number of para-hydroxylation sites is 1. The standard InChI is InChI=1S/C56H75N15O11/c1-33(72)65-40(21-12-24-62-55(57)58)48(74)70-45-29-47(73)61-23-11-10-20-42(54(80)81)67-51(77)44(27-36-30-64-39-19-9-8-18-38(36)39)68-49(75)41(22-13-25-63-56(59)60)66-50(76)43(26-34-14-4-2-5-15-34)69-52(78)46-28-37(31-71(46)53(45)79)82-32-35-16-6-3-7-17-35/h2-9,14-19,30,37,40-46,64H,10-13,20-29,31-32H2,1H3,(H,61,73)(H,65,72)(H,66,76)(H,67,77)(H,68,75)(H,69,78)(H,70,74)(H,80,81)(H4,57,58,62)(H4,59,60,63)/t37-,40+,41+,42?,43-,44+,45+,46+/m1/s1. The van der Waals surface area contributed by atoms with Gasteiger partial charge in [0.05, 0.1) is 19.1 Å². The van der Waals surface area contributed by atoms with E-state index < -0.39 is 108 Å². The number of nitrogens with two attached hydrogens (primary N) is 4. The number of hydrogen-bond donors (Lipinski definition) is 13. The summed E-state index contributed by atoms with van der Waals surface area (Å²) < 4.78 is 6.31. The number of carbonyl (C=O) groups excluding carboxylic acids is 8. The van der Waals surface area contributed by atoms with E-state index in [1.54, 1.807) is 42.6 Å². The summed E-state index contributed by atoms with van der Waals surface area (Å²) in [7, 11) is 0. The molecule has 2 aliphatic rings. The van der Waals surface area contributed by atoms with E-state index in [0.29, 0.717) is 11.1 Å². The van der Waals surface area contributed by atoms with Crippen molar-refractivity contribution in [1.29, 1.82) is 0 Å². The maximum Gasteiger partial charge on any atom is 0.326 e. The Labute approximate surface area is 474 Å². The highest BCUT2D eigenvalue weighted by atomic mass is 16.5. The third-order valence-electron chi connectivity index (χ3n) is 13.9. The SMILES string of the molecule is CC(=O)N[C@@H](CCCN=C(N)N)C(=O)N[C@H]1CC(=O)NCCCCC(C(=O)O)NC(=O)[C@H](Cc2c[nH]c3ccccc23)NC(=O)[C@H](CCCN=C(N)N)NC(=O)[C@@H](Cc2ccccc2)NC(=O)[C@@H]2C[C@@H](OCc3ccccc3)CN2C1=O. The molecular weight excluding hydrogens is 1060 g/mol. The summed E-state index contributed by atoms with van der Waals surface area (Å²) >= 11 is 0. The van der Waals surface area contributed by atoms with Crippen LogP contribution < -0.4 is 60.2 Å². The zero-order valence-electron chi connectivity index (χ0n) is 45.8. The minimum absolute atomic E-state index is 0.0195. The number of rotatable bonds is 19. The molecule has 0 saturated carbocycles. The molecule has 26 nitrogen and oxygen atoms in total. The van der Waals surface area contributed by atoms with E-state index in [1.165, 1.54) is 11.8 Å². The summed E-state index contributed by atoms with van der Waals surface area (Å²) in [5, 5.41) is 30.0. The molecule has 0 bridgehead atoms. The first-order valence-electron chi connectivity index (χ1n) is 27.3. The van der Waals surface area contributed by atoms with Gasteiger partial charge in [-0.15, -0.1) is 0 Å². The van der Waals surface area contributed by atoms with Gasteiger partial charge in [0.25, 0.3) is 0 Å². The lowest BCUT2D eigenvalue weighted by molar-refractivity contribution is -0.143. The Hall–Kier alpha value is -9.07. The van der Waals surface area contributed by atoms with Crippen molar-refractivity contribution < 1.29 is 53.0 Å². The van der Waals surface area contributed by atoms with Crippen LogP contribution in [-0.2, 0) is 67.3 Å². The second-order valence-electron chi connectivity index (χ2n) is 20.3. The summed E-state index contributed by atoms with van der Waals surface area (Å²) in [6, 6.07) is 15.2. The van der Waals surface area contributed by atoms with Crippen LogP contribution in [0.15, 0.2) is 101 Å². The van der Waals surface area contributed by atoms with Gasteiger partial charge >= 0.3 is 5.97 Å². The molecule has 2 fully saturated rings. The number of fused-ring (bicyclic) bond motifs is 2. The lowest BCUT2D eigenvalue weighted by Crippen LogP contribution is -2.60. The molecule has 82 heavy (non-hydrogen) atoms. The van der Waals surface area contributed by atoms with Gasteiger partial charge in [0.2, 0.25) is 47.3 Å². The van der Waals surface area contributed by atoms with Gasteiger partial charge in [0.15, 0.2) is 11.9 Å². The van der Waals surface area contributed by atoms with Crippen LogP contribution in [0.5, 0.6) is 0 Å². The topological polar surface area (TPSA) is 415 Å². The first-order valence-corrected chi connectivity index (χ1v) is 27.3. The van der Waals surface area contributed by atoms with Gasteiger partial charge in [-0.05, 0) is 67.7 Å². The van der Waals surface area contributed by atoms with E-state index in [-0.39, 0.29) is 109 Å². The Kier molecular flexibility index (Phi) is 23.5. The monoisotopic (exact) mass is 1130 g/mol. The molecule has 17 N–H and O–H groups in total. The van der Waals surface area contributed by atoms with Crippen molar-refractivity contribution in [2.45, 2.75) is 133 Å². The van der Waals surface area contributed by atoms with Gasteiger partial charge in [-0.2, -0.15) is 0 Å². The molecule has 26 heteroatoms. The highest BCUT2D eigenvalue weighted by molar-refractivity contribution is 5.99. The quantitative estimate of drug-likeness (QED) is 0.0303. The van der Waals surface area contributed by atoms with Crippen LogP contribution in [0.4, 0.5) is 0 Å². The molecule has 3 heterocycles. The third kappa shape index (κ3) is 19.3. The molecule has 3 aromatic carbocycles. The number of H-pyrrole nitrogens is 1. The van der Waals surface area contributed by atoms with Crippen LogP contribution in [-0.4, -0.2) is 155 Å². The Morgan fingerprint density at radius 2 is 1.35 bits per heavy atom. The fourth-order valence-corrected chi connectivity index (χ4v) is 9.75. The number of aliphatic imine (C=N–C) groups is 2. The van der Waals surface area contributed by atoms with Crippen molar-refractivity contribution in [1.82, 2.24) is 47.1 Å². The molecule has 2 aliphatic heterocycles. The number of carbonyl (C=O) groups is 9. The minimum atomic E-state index is -1.64. The van der Waals surface area contributed by atoms with Gasteiger partial charge in [0, 0.05) is 69.5 Å². The first kappa shape index (κ1) is 62.1. The van der Waals surface area contributed by atoms with E-state index in [0.717, 1.165) is 16.5 Å². The van der Waals surface area contributed by atoms with Crippen LogP contribution in [0.1, 0.15) is 81.4 Å². The Balaban J connectivity index is 1.39. The molecule has 0 spiro atoms. The number of nitrogens with one attached hydrogen (secondary N) is 8. The lowest BCUT2D eigenvalue weighted by Gasteiger charge is -2.30. The normalized spacial score (nSPS) is 22.0. The number of aromatic amines is 1. The number of hydrogen-bond acceptors (Lipinski definition) is 12. The Morgan fingerprint density at radius 3 is 2.04 bits per heavy atom. The highest BCUT2D eigenvalue weighted by Crippen LogP contribution is 2.25. The molecule has 8 atom stereocenters. The Morgan fingerprint density at radius 1 is 0.744 bits per heavy atom. The summed E-state index contributed by atoms with van der Waals surface area (Å²) in [6.45, 7) is 1.22. The van der Waals surface area contributed by atoms with Crippen molar-refractivity contribution in [3.05, 3.63) is 108 Å². The molecular formula is C56H75N15O11. The third-order valence-corrected chi connectivity index (χ3v) is 13.9. The summed E-state index contributed by atoms with van der Waals surface area (Å²) in [5.74, 6) is -8.03. The number of aromatic nitrogens is 1. The molecule has 6 rings (SSSR count). The van der Waals surface area contributed by atoms with Gasteiger partial charge in [-0.1, -0.05) is 78.9 Å². The number of aliphatic carboxylic acids is 1. The predicted molar refractivity (Wildman–Crippen MR) is 303 cm³/mol. The number of carboxylic acids is 1. The van der Waals surface area contributed by atoms with Gasteiger partial charge in [-0.3, -0.25) is 48.3 Å². The van der Waals surface area contributed by atoms with Crippen molar-refractivity contribution >= 4 is 76.0 Å². The summed E-state index contributed by atoms with van der Waals surface area (Å²) in [6.07, 6.45) is 0.494. The van der Waals surface area contributed by atoms with Crippen molar-refractivity contribution in [2.75, 3.05) is 26.2 Å². The van der Waals surface area contributed by atoms with E-state index in [1.807, 2.05) is 48.5 Å². The van der Waals surface area contributed by atoms with Crippen LogP contribution in [0.3, 0.4) is 0 Å². The van der Waals surface area contributed by atoms with E-state index in [4.69, 9.17) is 27.7 Å². The fourth-order valence-electron chi connectivity index (χ4n) is 9.75. The van der Waals surface area contributed by atoms with Crippen molar-refractivity contribution in [2.24, 2.45) is 32.9 Å². The molecule has 2 saturated heterocycles. The van der Waals surface area contributed by atoms with E-state index in [2.05, 4.69) is 52.2 Å². The maximum absolute atomic E-state index is 15.2. The largest absolute Gasteiger partial charge is 0.480 e. The lowest BCUT2D eigenvalue weighted by atomic mass is 10.0. The van der Waals surface area contributed by atoms with Gasteiger partial charge in [-0.25, -0.2) is 4.79 Å². The second-order valence-corrected chi connectivity index (χ2v) is 20.3. The first-order chi connectivity index (χ1) is 39.3. The predicted octanol–water partition coefficient (Wildman–Crippen LogP) is -1.05. The number of guanidine groups is 2. The zero-order valence-corrected chi connectivity index (χ0v) is 45.8. The average Bonchev–Trinajstić information content (AvgIpc) is 4.08. The van der Waals surface area contributed by atoms with Crippen LogP contribution in [0, 0.1) is 0 Å². The molecule has 1 unspecified atom stereocenters. The van der Waals surface area contributed by atoms with Crippen molar-refractivity contribution in [3.63, 3.8) is 0 Å². The van der Waals surface area contributed by atoms with Crippen LogP contribution >= 0.6 is 0 Å². The number of ether oxygens (including phenoxy) is 1. The molecule has 440 valence electrons. The van der Waals surface area contributed by atoms with E-state index >= 15 is 9.59 Å². The molecule has 1 aromatic heterocycles. The number of amides is 8. The smallest absolute Gasteiger partial charge is 0.326 e. The summed E-state index contributed by atoms with van der Waals surface area (Å²) in [5.41, 5.74) is 25.0. The van der Waals surface area contributed by atoms with Crippen LogP contribution in [0.2, 0.25) is 0 Å². The molecule has 8 amide bonds. The van der Waals surface area contributed by atoms with Gasteiger partial charge < -0.3 is 79.9 Å². The number of benzene rings is 3. The van der Waals surface area contributed by atoms with Crippen LogP contribution in [0.25, 0.3) is 10.9 Å². The molecule has 0 radical (unpaired) electrons. The number of carboxylic acid groups (broad SMARTS) is 1. The van der Waals surface area contributed by atoms with Crippen molar-refractivity contribution in [3.8, 4) is 0 Å². The van der Waals surface area contributed by atoms with E-state index in [9.17, 15) is 38.7 Å². The van der Waals surface area contributed by atoms with Gasteiger partial charge in [0.1, 0.15) is 42.3 Å². The average molecular weight is 1130 g/mol. The summed E-state index contributed by atoms with van der Waals surface area (Å²) in [4.78, 5) is 140. The maximum atomic E-state index is 15.2. The highest BCUT2D eigenvalue weighted by Gasteiger charge is 2.44. The number of nitrogens with zero attached hydrogens (tertiary/aromatic N) is 3.